The van der Waals surface area contributed by atoms with Crippen LogP contribution in [0, 0.1) is 13.8 Å². The van der Waals surface area contributed by atoms with Crippen LogP contribution in [0.5, 0.6) is 0 Å². The lowest BCUT2D eigenvalue weighted by Gasteiger charge is -2.20. The second-order valence-electron chi connectivity index (χ2n) is 4.11. The van der Waals surface area contributed by atoms with Crippen LogP contribution < -0.4 is 0 Å². The number of nitrogens with one attached hydrogen (secondary N) is 1. The molecular weight excluding hydrogens is 238 g/mol. The van der Waals surface area contributed by atoms with Crippen molar-refractivity contribution in [3.05, 3.63) is 11.4 Å². The maximum atomic E-state index is 12.4. The number of H-pyrrole nitrogens is 1. The predicted octanol–water partition coefficient (Wildman–Crippen LogP) is 1.84. The van der Waals surface area contributed by atoms with Crippen LogP contribution in [0.3, 0.4) is 0 Å². The zero-order valence-corrected chi connectivity index (χ0v) is 11.8. The molecule has 0 amide bonds. The van der Waals surface area contributed by atoms with E-state index in [9.17, 15) is 8.42 Å². The average Bonchev–Trinajstić information content (AvgIpc) is 2.59. The summed E-state index contributed by atoms with van der Waals surface area (Å²) >= 11 is 0. The van der Waals surface area contributed by atoms with Crippen LogP contribution in [0.4, 0.5) is 0 Å². The zero-order valence-electron chi connectivity index (χ0n) is 10.9. The van der Waals surface area contributed by atoms with Gasteiger partial charge in [-0.05, 0) is 20.3 Å². The molecule has 17 heavy (non-hydrogen) atoms. The first-order chi connectivity index (χ1) is 7.95. The smallest absolute Gasteiger partial charge is 0.246 e. The molecule has 0 aliphatic rings. The quantitative estimate of drug-likeness (QED) is 0.847. The molecule has 0 spiro atoms. The van der Waals surface area contributed by atoms with E-state index >= 15 is 0 Å². The molecule has 0 atom stereocenters. The second kappa shape index (κ2) is 5.64. The summed E-state index contributed by atoms with van der Waals surface area (Å²) in [5.41, 5.74) is 1.15. The van der Waals surface area contributed by atoms with E-state index in [0.717, 1.165) is 12.8 Å². The zero-order chi connectivity index (χ0) is 13.1. The van der Waals surface area contributed by atoms with Gasteiger partial charge in [-0.15, -0.1) is 0 Å². The van der Waals surface area contributed by atoms with Gasteiger partial charge in [0.1, 0.15) is 4.90 Å². The van der Waals surface area contributed by atoms with Crippen molar-refractivity contribution in [1.29, 1.82) is 0 Å². The van der Waals surface area contributed by atoms with Crippen molar-refractivity contribution in [2.75, 3.05) is 13.1 Å². The molecule has 1 heterocycles. The molecule has 0 aromatic carbocycles. The number of sulfonamides is 1. The van der Waals surface area contributed by atoms with Crippen LogP contribution >= 0.6 is 0 Å². The lowest BCUT2D eigenvalue weighted by Crippen LogP contribution is -2.32. The highest BCUT2D eigenvalue weighted by Crippen LogP contribution is 2.21. The Bertz CT molecular complexity index is 446. The average molecular weight is 259 g/mol. The number of hydrogen-bond acceptors (Lipinski definition) is 3. The summed E-state index contributed by atoms with van der Waals surface area (Å²) in [5, 5.41) is 6.67. The maximum absolute atomic E-state index is 12.4. The summed E-state index contributed by atoms with van der Waals surface area (Å²) in [5.74, 6) is 0. The lowest BCUT2D eigenvalue weighted by atomic mass is 10.3. The van der Waals surface area contributed by atoms with Crippen molar-refractivity contribution in [2.24, 2.45) is 0 Å². The highest BCUT2D eigenvalue weighted by Gasteiger charge is 2.27. The molecule has 0 bridgehead atoms. The Kier molecular flexibility index (Phi) is 4.70. The SMILES string of the molecule is CCCCN(CC)S(=O)(=O)c1c(C)n[nH]c1C. The van der Waals surface area contributed by atoms with Crippen molar-refractivity contribution in [2.45, 2.75) is 45.4 Å². The van der Waals surface area contributed by atoms with Crippen molar-refractivity contribution in [3.8, 4) is 0 Å². The number of unbranched alkanes of at least 4 members (excludes halogenated alkanes) is 1. The minimum atomic E-state index is -3.40. The number of aromatic nitrogens is 2. The maximum Gasteiger partial charge on any atom is 0.246 e. The molecule has 0 radical (unpaired) electrons. The third kappa shape index (κ3) is 2.87. The summed E-state index contributed by atoms with van der Waals surface area (Å²) in [6.07, 6.45) is 1.86. The number of nitrogens with zero attached hydrogens (tertiary/aromatic N) is 2. The fourth-order valence-electron chi connectivity index (χ4n) is 1.83. The molecule has 1 aromatic rings. The van der Waals surface area contributed by atoms with Gasteiger partial charge in [-0.1, -0.05) is 20.3 Å². The van der Waals surface area contributed by atoms with Crippen LogP contribution in [0.1, 0.15) is 38.1 Å². The van der Waals surface area contributed by atoms with Crippen LogP contribution in [0.25, 0.3) is 0 Å². The Morgan fingerprint density at radius 2 is 1.94 bits per heavy atom. The summed E-state index contributed by atoms with van der Waals surface area (Å²) < 4.78 is 26.4. The van der Waals surface area contributed by atoms with E-state index in [1.807, 2.05) is 6.92 Å². The van der Waals surface area contributed by atoms with E-state index in [0.29, 0.717) is 29.4 Å². The third-order valence-electron chi connectivity index (χ3n) is 2.77. The van der Waals surface area contributed by atoms with Crippen molar-refractivity contribution < 1.29 is 8.42 Å². The molecule has 6 heteroatoms. The standard InChI is InChI=1S/C11H21N3O2S/c1-5-7-8-14(6-2)17(15,16)11-9(3)12-13-10(11)4/h5-8H2,1-4H3,(H,12,13). The fraction of sp³-hybridized carbons (Fsp3) is 0.727. The molecule has 0 aliphatic carbocycles. The van der Waals surface area contributed by atoms with Crippen molar-refractivity contribution in [3.63, 3.8) is 0 Å². The van der Waals surface area contributed by atoms with Crippen LogP contribution in [-0.4, -0.2) is 36.0 Å². The molecule has 1 rings (SSSR count). The minimum Gasteiger partial charge on any atom is -0.281 e. The highest BCUT2D eigenvalue weighted by atomic mass is 32.2. The van der Waals surface area contributed by atoms with Gasteiger partial charge in [0.25, 0.3) is 0 Å². The van der Waals surface area contributed by atoms with E-state index in [1.165, 1.54) is 4.31 Å². The minimum absolute atomic E-state index is 0.329. The number of hydrogen-bond donors (Lipinski definition) is 1. The normalized spacial score (nSPS) is 12.3. The summed E-state index contributed by atoms with van der Waals surface area (Å²) in [6.45, 7) is 8.42. The van der Waals surface area contributed by atoms with Gasteiger partial charge in [0.2, 0.25) is 10.0 Å². The number of rotatable bonds is 6. The van der Waals surface area contributed by atoms with Gasteiger partial charge in [0.05, 0.1) is 11.4 Å². The summed E-state index contributed by atoms with van der Waals surface area (Å²) in [7, 11) is -3.40. The highest BCUT2D eigenvalue weighted by molar-refractivity contribution is 7.89. The van der Waals surface area contributed by atoms with E-state index < -0.39 is 10.0 Å². The van der Waals surface area contributed by atoms with Crippen molar-refractivity contribution >= 4 is 10.0 Å². The molecule has 1 N–H and O–H groups in total. The molecule has 0 aliphatic heterocycles. The lowest BCUT2D eigenvalue weighted by molar-refractivity contribution is 0.418. The van der Waals surface area contributed by atoms with Gasteiger partial charge >= 0.3 is 0 Å². The topological polar surface area (TPSA) is 66.1 Å². The Hall–Kier alpha value is -0.880. The summed E-state index contributed by atoms with van der Waals surface area (Å²) in [6, 6.07) is 0. The summed E-state index contributed by atoms with van der Waals surface area (Å²) in [4.78, 5) is 0.329. The molecule has 1 aromatic heterocycles. The Morgan fingerprint density at radius 1 is 1.29 bits per heavy atom. The first-order valence-corrected chi connectivity index (χ1v) is 7.40. The van der Waals surface area contributed by atoms with Gasteiger partial charge in [-0.2, -0.15) is 9.40 Å². The molecule has 98 valence electrons. The first kappa shape index (κ1) is 14.2. The van der Waals surface area contributed by atoms with Crippen LogP contribution in [0.2, 0.25) is 0 Å². The van der Waals surface area contributed by atoms with E-state index in [4.69, 9.17) is 0 Å². The van der Waals surface area contributed by atoms with E-state index in [-0.39, 0.29) is 0 Å². The second-order valence-corrected chi connectivity index (χ2v) is 5.99. The molecular formula is C11H21N3O2S. The molecule has 0 fully saturated rings. The van der Waals surface area contributed by atoms with E-state index in [1.54, 1.807) is 13.8 Å². The Balaban J connectivity index is 3.09. The number of aryl methyl sites for hydroxylation is 2. The molecule has 0 saturated heterocycles. The van der Waals surface area contributed by atoms with Crippen LogP contribution in [0.15, 0.2) is 4.90 Å². The fourth-order valence-corrected chi connectivity index (χ4v) is 3.65. The largest absolute Gasteiger partial charge is 0.281 e. The van der Waals surface area contributed by atoms with Gasteiger partial charge in [-0.3, -0.25) is 5.10 Å². The van der Waals surface area contributed by atoms with Crippen molar-refractivity contribution in [1.82, 2.24) is 14.5 Å². The van der Waals surface area contributed by atoms with Gasteiger partial charge in [0, 0.05) is 13.1 Å². The van der Waals surface area contributed by atoms with E-state index in [2.05, 4.69) is 17.1 Å². The van der Waals surface area contributed by atoms with Crippen LogP contribution in [-0.2, 0) is 10.0 Å². The Morgan fingerprint density at radius 3 is 2.35 bits per heavy atom. The first-order valence-electron chi connectivity index (χ1n) is 5.96. The predicted molar refractivity (Wildman–Crippen MR) is 67.4 cm³/mol. The molecule has 5 nitrogen and oxygen atoms in total. The van der Waals surface area contributed by atoms with Gasteiger partial charge < -0.3 is 0 Å². The monoisotopic (exact) mass is 259 g/mol. The third-order valence-corrected chi connectivity index (χ3v) is 5.01. The Labute approximate surface area is 103 Å². The number of aromatic amines is 1. The van der Waals surface area contributed by atoms with Gasteiger partial charge in [0.15, 0.2) is 0 Å². The van der Waals surface area contributed by atoms with Gasteiger partial charge in [-0.25, -0.2) is 8.42 Å². The molecule has 0 unspecified atom stereocenters. The molecule has 0 saturated carbocycles.